The summed E-state index contributed by atoms with van der Waals surface area (Å²) in [7, 11) is 0. The van der Waals surface area contributed by atoms with E-state index in [9.17, 15) is 9.59 Å². The zero-order chi connectivity index (χ0) is 17.9. The molecule has 0 unspecified atom stereocenters. The van der Waals surface area contributed by atoms with Crippen LogP contribution in [0.15, 0.2) is 47.9 Å². The predicted octanol–water partition coefficient (Wildman–Crippen LogP) is 1.87. The summed E-state index contributed by atoms with van der Waals surface area (Å²) < 4.78 is 1.28. The second-order valence-electron chi connectivity index (χ2n) is 6.22. The highest BCUT2D eigenvalue weighted by Gasteiger charge is 2.19. The van der Waals surface area contributed by atoms with Crippen molar-refractivity contribution in [3.05, 3.63) is 59.0 Å². The number of hydrogen-bond acceptors (Lipinski definition) is 5. The SMILES string of the molecule is O=C1CCCCCc2ccnc(c2)-c2c(cnn2-n2cnccc2=O)N1. The molecule has 1 aliphatic rings. The van der Waals surface area contributed by atoms with Crippen LogP contribution >= 0.6 is 0 Å². The van der Waals surface area contributed by atoms with Crippen molar-refractivity contribution < 1.29 is 4.79 Å². The molecule has 8 nitrogen and oxygen atoms in total. The number of rotatable bonds is 1. The van der Waals surface area contributed by atoms with Crippen molar-refractivity contribution in [3.8, 4) is 11.4 Å². The van der Waals surface area contributed by atoms with E-state index in [0.717, 1.165) is 25.7 Å². The molecule has 1 aliphatic heterocycles. The van der Waals surface area contributed by atoms with E-state index in [2.05, 4.69) is 20.4 Å². The zero-order valence-corrected chi connectivity index (χ0v) is 14.1. The topological polar surface area (TPSA) is 94.7 Å². The summed E-state index contributed by atoms with van der Waals surface area (Å²) in [5.41, 5.74) is 2.61. The molecule has 132 valence electrons. The monoisotopic (exact) mass is 350 g/mol. The van der Waals surface area contributed by atoms with Gasteiger partial charge in [-0.25, -0.2) is 4.98 Å². The maximum absolute atomic E-state index is 12.2. The Balaban J connectivity index is 1.91. The number of pyridine rings is 1. The maximum Gasteiger partial charge on any atom is 0.273 e. The molecule has 26 heavy (non-hydrogen) atoms. The number of nitrogens with zero attached hydrogens (tertiary/aromatic N) is 5. The molecule has 0 spiro atoms. The summed E-state index contributed by atoms with van der Waals surface area (Å²) in [6.07, 6.45) is 10.3. The Morgan fingerprint density at radius 1 is 1.04 bits per heavy atom. The Morgan fingerprint density at radius 2 is 1.92 bits per heavy atom. The highest BCUT2D eigenvalue weighted by molar-refractivity contribution is 5.94. The van der Waals surface area contributed by atoms with Gasteiger partial charge in [0.15, 0.2) is 0 Å². The standard InChI is InChI=1S/C18H18N6O2/c25-16-5-3-1-2-4-13-6-9-20-14(10-13)18-15(22-16)11-21-24(18)23-12-19-8-7-17(23)26/h6-12H,1-5H2,(H,22,25). The van der Waals surface area contributed by atoms with Gasteiger partial charge in [-0.1, -0.05) is 6.42 Å². The molecule has 4 heterocycles. The molecular formula is C18H18N6O2. The number of nitrogens with one attached hydrogen (secondary N) is 1. The van der Waals surface area contributed by atoms with Crippen LogP contribution in [0.5, 0.6) is 0 Å². The van der Waals surface area contributed by atoms with Crippen LogP contribution in [0.4, 0.5) is 5.69 Å². The Labute approximate surface area is 149 Å². The number of aromatic nitrogens is 5. The van der Waals surface area contributed by atoms with Crippen LogP contribution in [0.1, 0.15) is 31.2 Å². The third-order valence-corrected chi connectivity index (χ3v) is 4.37. The van der Waals surface area contributed by atoms with Crippen molar-refractivity contribution in [1.29, 1.82) is 0 Å². The first-order valence-corrected chi connectivity index (χ1v) is 8.59. The van der Waals surface area contributed by atoms with Gasteiger partial charge >= 0.3 is 0 Å². The molecule has 2 bridgehead atoms. The van der Waals surface area contributed by atoms with Gasteiger partial charge in [-0.05, 0) is 37.0 Å². The van der Waals surface area contributed by atoms with Crippen LogP contribution in [0, 0.1) is 0 Å². The van der Waals surface area contributed by atoms with Crippen molar-refractivity contribution >= 4 is 11.6 Å². The quantitative estimate of drug-likeness (QED) is 0.723. The normalized spacial score (nSPS) is 14.7. The first kappa shape index (κ1) is 16.2. The minimum atomic E-state index is -0.278. The van der Waals surface area contributed by atoms with Crippen molar-refractivity contribution in [2.45, 2.75) is 32.1 Å². The van der Waals surface area contributed by atoms with Gasteiger partial charge in [0.2, 0.25) is 5.91 Å². The van der Waals surface area contributed by atoms with Crippen molar-refractivity contribution in [2.75, 3.05) is 5.32 Å². The van der Waals surface area contributed by atoms with Crippen molar-refractivity contribution in [1.82, 2.24) is 24.5 Å². The van der Waals surface area contributed by atoms with E-state index in [1.54, 1.807) is 6.20 Å². The highest BCUT2D eigenvalue weighted by atomic mass is 16.2. The van der Waals surface area contributed by atoms with Crippen LogP contribution in [0.25, 0.3) is 11.4 Å². The number of carbonyl (C=O) groups is 1. The highest BCUT2D eigenvalue weighted by Crippen LogP contribution is 2.28. The average molecular weight is 350 g/mol. The van der Waals surface area contributed by atoms with Crippen molar-refractivity contribution in [3.63, 3.8) is 0 Å². The molecular weight excluding hydrogens is 332 g/mol. The minimum Gasteiger partial charge on any atom is -0.323 e. The van der Waals surface area contributed by atoms with Crippen molar-refractivity contribution in [2.24, 2.45) is 0 Å². The van der Waals surface area contributed by atoms with E-state index in [1.165, 1.54) is 39.8 Å². The first-order valence-electron chi connectivity index (χ1n) is 8.59. The van der Waals surface area contributed by atoms with Crippen LogP contribution in [-0.2, 0) is 11.2 Å². The lowest BCUT2D eigenvalue weighted by Crippen LogP contribution is -2.27. The number of aryl methyl sites for hydroxylation is 1. The number of fused-ring (bicyclic) bond motifs is 4. The smallest absolute Gasteiger partial charge is 0.273 e. The molecule has 8 heteroatoms. The van der Waals surface area contributed by atoms with Gasteiger partial charge in [0, 0.05) is 24.9 Å². The number of amides is 1. The maximum atomic E-state index is 12.2. The lowest BCUT2D eigenvalue weighted by molar-refractivity contribution is -0.116. The van der Waals surface area contributed by atoms with Gasteiger partial charge in [-0.2, -0.15) is 14.6 Å². The molecule has 0 atom stereocenters. The van der Waals surface area contributed by atoms with E-state index >= 15 is 0 Å². The van der Waals surface area contributed by atoms with E-state index < -0.39 is 0 Å². The fourth-order valence-corrected chi connectivity index (χ4v) is 3.08. The first-order chi connectivity index (χ1) is 12.7. The summed E-state index contributed by atoms with van der Waals surface area (Å²) >= 11 is 0. The van der Waals surface area contributed by atoms with Gasteiger partial charge in [0.1, 0.15) is 12.0 Å². The van der Waals surface area contributed by atoms with E-state index in [0.29, 0.717) is 23.5 Å². The Bertz CT molecular complexity index is 1010. The van der Waals surface area contributed by atoms with E-state index in [1.807, 2.05) is 12.1 Å². The molecule has 1 amide bonds. The Hall–Kier alpha value is -3.29. The lowest BCUT2D eigenvalue weighted by atomic mass is 10.0. The summed E-state index contributed by atoms with van der Waals surface area (Å²) in [5.74, 6) is -0.0685. The predicted molar refractivity (Wildman–Crippen MR) is 95.6 cm³/mol. The molecule has 4 rings (SSSR count). The average Bonchev–Trinajstić information content (AvgIpc) is 3.04. The zero-order valence-electron chi connectivity index (χ0n) is 14.1. The Kier molecular flexibility index (Phi) is 4.30. The minimum absolute atomic E-state index is 0.0685. The largest absolute Gasteiger partial charge is 0.323 e. The van der Waals surface area contributed by atoms with Crippen LogP contribution in [0.2, 0.25) is 0 Å². The van der Waals surface area contributed by atoms with E-state index in [-0.39, 0.29) is 11.5 Å². The molecule has 3 aromatic heterocycles. The lowest BCUT2D eigenvalue weighted by Gasteiger charge is -2.13. The van der Waals surface area contributed by atoms with Gasteiger partial charge in [-0.15, -0.1) is 0 Å². The summed E-state index contributed by atoms with van der Waals surface area (Å²) in [4.78, 5) is 34.3. The van der Waals surface area contributed by atoms with Gasteiger partial charge in [0.25, 0.3) is 5.56 Å². The summed E-state index contributed by atoms with van der Waals surface area (Å²) in [6, 6.07) is 5.32. The molecule has 1 N–H and O–H groups in total. The molecule has 3 aromatic rings. The van der Waals surface area contributed by atoms with Crippen LogP contribution in [0.3, 0.4) is 0 Å². The summed E-state index contributed by atoms with van der Waals surface area (Å²) in [5, 5.41) is 7.19. The van der Waals surface area contributed by atoms with Gasteiger partial charge < -0.3 is 5.32 Å². The van der Waals surface area contributed by atoms with Crippen LogP contribution in [-0.4, -0.2) is 30.4 Å². The molecule has 0 radical (unpaired) electrons. The van der Waals surface area contributed by atoms with E-state index in [4.69, 9.17) is 0 Å². The van der Waals surface area contributed by atoms with Crippen LogP contribution < -0.4 is 10.9 Å². The van der Waals surface area contributed by atoms with Gasteiger partial charge in [0.05, 0.1) is 17.6 Å². The summed E-state index contributed by atoms with van der Waals surface area (Å²) in [6.45, 7) is 0. The fraction of sp³-hybridized carbons (Fsp3) is 0.278. The molecule has 0 aliphatic carbocycles. The third-order valence-electron chi connectivity index (χ3n) is 4.37. The molecule has 0 fully saturated rings. The number of carbonyl (C=O) groups excluding carboxylic acids is 1. The third kappa shape index (κ3) is 3.13. The Morgan fingerprint density at radius 3 is 2.81 bits per heavy atom. The molecule has 0 saturated carbocycles. The fourth-order valence-electron chi connectivity index (χ4n) is 3.08. The number of anilines is 1. The molecule has 0 aromatic carbocycles. The van der Waals surface area contributed by atoms with Gasteiger partial charge in [-0.3, -0.25) is 14.6 Å². The second-order valence-corrected chi connectivity index (χ2v) is 6.22. The number of hydrogen-bond donors (Lipinski definition) is 1. The molecule has 0 saturated heterocycles. The second kappa shape index (κ2) is 6.91.